The molecule has 1 aromatic carbocycles. The zero-order chi connectivity index (χ0) is 23.2. The number of carbonyl (C=O) groups excluding carboxylic acids is 3. The van der Waals surface area contributed by atoms with Crippen LogP contribution >= 0.6 is 0 Å². The molecule has 1 heterocycles. The van der Waals surface area contributed by atoms with E-state index in [2.05, 4.69) is 15.6 Å². The van der Waals surface area contributed by atoms with Crippen molar-refractivity contribution in [3.8, 4) is 0 Å². The number of nitrogens with one attached hydrogen (secondary N) is 3. The summed E-state index contributed by atoms with van der Waals surface area (Å²) in [4.78, 5) is 41.0. The maximum Gasteiger partial charge on any atom is 0.408 e. The summed E-state index contributed by atoms with van der Waals surface area (Å²) in [6, 6.07) is 5.95. The number of H-pyrrole nitrogens is 1. The summed E-state index contributed by atoms with van der Waals surface area (Å²) in [6.07, 6.45) is 2.01. The van der Waals surface area contributed by atoms with Gasteiger partial charge in [0, 0.05) is 23.5 Å². The minimum atomic E-state index is -0.940. The van der Waals surface area contributed by atoms with Crippen molar-refractivity contribution in [3.05, 3.63) is 36.0 Å². The molecule has 0 aliphatic carbocycles. The third-order valence-electron chi connectivity index (χ3n) is 5.07. The van der Waals surface area contributed by atoms with Gasteiger partial charge in [-0.1, -0.05) is 38.5 Å². The highest BCUT2D eigenvalue weighted by molar-refractivity contribution is 5.91. The molecule has 0 saturated carbocycles. The largest absolute Gasteiger partial charge is 0.467 e. The fraction of sp³-hybridized carbons (Fsp3) is 0.522. The molecule has 0 fully saturated rings. The van der Waals surface area contributed by atoms with E-state index in [1.165, 1.54) is 7.11 Å². The van der Waals surface area contributed by atoms with Crippen LogP contribution in [0.25, 0.3) is 10.9 Å². The van der Waals surface area contributed by atoms with Crippen LogP contribution in [0.1, 0.15) is 46.6 Å². The summed E-state index contributed by atoms with van der Waals surface area (Å²) in [7, 11) is 1.28. The standard InChI is InChI=1S/C23H33N3O5/c1-7-14(2)19(21(28)30-6)26-20(27)18(25-22(29)31-23(3,4)5)12-15-13-24-17-11-9-8-10-16(15)17/h8-11,13-14,18-19,24H,7,12H2,1-6H3,(H,25,29)(H,26,27)/t14-,18+,19+/m0/s1. The normalized spacial score (nSPS) is 14.4. The number of hydrogen-bond acceptors (Lipinski definition) is 5. The topological polar surface area (TPSA) is 110 Å². The van der Waals surface area contributed by atoms with E-state index in [4.69, 9.17) is 9.47 Å². The Morgan fingerprint density at radius 1 is 1.13 bits per heavy atom. The number of aromatic amines is 1. The van der Waals surface area contributed by atoms with Gasteiger partial charge in [0.1, 0.15) is 17.7 Å². The number of ether oxygens (including phenoxy) is 2. The number of para-hydroxylation sites is 1. The highest BCUT2D eigenvalue weighted by Crippen LogP contribution is 2.20. The molecule has 2 aromatic rings. The summed E-state index contributed by atoms with van der Waals surface area (Å²) in [5.41, 5.74) is 1.09. The van der Waals surface area contributed by atoms with Crippen molar-refractivity contribution < 1.29 is 23.9 Å². The maximum absolute atomic E-state index is 13.2. The number of fused-ring (bicyclic) bond motifs is 1. The summed E-state index contributed by atoms with van der Waals surface area (Å²) < 4.78 is 10.2. The number of benzene rings is 1. The van der Waals surface area contributed by atoms with Crippen molar-refractivity contribution in [2.45, 2.75) is 65.1 Å². The predicted octanol–water partition coefficient (Wildman–Crippen LogP) is 3.31. The third-order valence-corrected chi connectivity index (χ3v) is 5.07. The molecule has 0 aliphatic heterocycles. The Hall–Kier alpha value is -3.03. The molecule has 170 valence electrons. The van der Waals surface area contributed by atoms with E-state index < -0.39 is 35.7 Å². The molecule has 0 radical (unpaired) electrons. The van der Waals surface area contributed by atoms with Gasteiger partial charge in [-0.2, -0.15) is 0 Å². The van der Waals surface area contributed by atoms with Crippen LogP contribution in [0, 0.1) is 5.92 Å². The molecular formula is C23H33N3O5. The van der Waals surface area contributed by atoms with Gasteiger partial charge in [0.15, 0.2) is 0 Å². The fourth-order valence-corrected chi connectivity index (χ4v) is 3.23. The lowest BCUT2D eigenvalue weighted by molar-refractivity contribution is -0.146. The second-order valence-corrected chi connectivity index (χ2v) is 8.66. The third kappa shape index (κ3) is 6.73. The second kappa shape index (κ2) is 10.3. The van der Waals surface area contributed by atoms with Crippen molar-refractivity contribution in [2.24, 2.45) is 5.92 Å². The van der Waals surface area contributed by atoms with Crippen molar-refractivity contribution in [2.75, 3.05) is 7.11 Å². The van der Waals surface area contributed by atoms with Crippen molar-refractivity contribution in [1.29, 1.82) is 0 Å². The molecule has 0 unspecified atom stereocenters. The number of rotatable bonds is 8. The maximum atomic E-state index is 13.2. The molecule has 3 N–H and O–H groups in total. The number of alkyl carbamates (subject to hydrolysis) is 1. The molecule has 2 rings (SSSR count). The summed E-state index contributed by atoms with van der Waals surface area (Å²) in [5, 5.41) is 6.37. The average molecular weight is 432 g/mol. The lowest BCUT2D eigenvalue weighted by Gasteiger charge is -2.26. The number of carbonyl (C=O) groups is 3. The number of methoxy groups -OCH3 is 1. The molecule has 0 aliphatic rings. The van der Waals surface area contributed by atoms with Crippen LogP contribution in [-0.2, 0) is 25.5 Å². The zero-order valence-electron chi connectivity index (χ0n) is 19.1. The highest BCUT2D eigenvalue weighted by atomic mass is 16.6. The first kappa shape index (κ1) is 24.2. The molecule has 3 atom stereocenters. The lowest BCUT2D eigenvalue weighted by atomic mass is 9.98. The molecule has 8 heteroatoms. The minimum Gasteiger partial charge on any atom is -0.467 e. The van der Waals surface area contributed by atoms with Crippen LogP contribution in [0.15, 0.2) is 30.5 Å². The number of aromatic nitrogens is 1. The van der Waals surface area contributed by atoms with E-state index in [1.54, 1.807) is 20.8 Å². The Kier molecular flexibility index (Phi) is 8.08. The Morgan fingerprint density at radius 3 is 2.42 bits per heavy atom. The number of hydrogen-bond donors (Lipinski definition) is 3. The Morgan fingerprint density at radius 2 is 1.81 bits per heavy atom. The second-order valence-electron chi connectivity index (χ2n) is 8.66. The molecular weight excluding hydrogens is 398 g/mol. The van der Waals surface area contributed by atoms with Crippen LogP contribution in [0.5, 0.6) is 0 Å². The quantitative estimate of drug-likeness (QED) is 0.556. The van der Waals surface area contributed by atoms with Gasteiger partial charge in [0.05, 0.1) is 7.11 Å². The lowest BCUT2D eigenvalue weighted by Crippen LogP contribution is -2.54. The van der Waals surface area contributed by atoms with E-state index in [9.17, 15) is 14.4 Å². The molecule has 0 saturated heterocycles. The Labute approximate surface area is 183 Å². The van der Waals surface area contributed by atoms with Gasteiger partial charge in [-0.3, -0.25) is 4.79 Å². The fourth-order valence-electron chi connectivity index (χ4n) is 3.23. The van der Waals surface area contributed by atoms with Crippen LogP contribution in [0.4, 0.5) is 4.79 Å². The minimum absolute atomic E-state index is 0.133. The average Bonchev–Trinajstić information content (AvgIpc) is 3.11. The highest BCUT2D eigenvalue weighted by Gasteiger charge is 2.31. The number of esters is 1. The molecule has 0 bridgehead atoms. The van der Waals surface area contributed by atoms with E-state index in [0.29, 0.717) is 6.42 Å². The van der Waals surface area contributed by atoms with Gasteiger partial charge in [-0.15, -0.1) is 0 Å². The summed E-state index contributed by atoms with van der Waals surface area (Å²) in [5.74, 6) is -1.13. The van der Waals surface area contributed by atoms with E-state index in [1.807, 2.05) is 44.3 Å². The van der Waals surface area contributed by atoms with Crippen molar-refractivity contribution >= 4 is 28.9 Å². The molecule has 1 aromatic heterocycles. The van der Waals surface area contributed by atoms with Gasteiger partial charge in [-0.05, 0) is 38.3 Å². The summed E-state index contributed by atoms with van der Waals surface area (Å²) >= 11 is 0. The number of amides is 2. The monoisotopic (exact) mass is 431 g/mol. The van der Waals surface area contributed by atoms with Gasteiger partial charge < -0.3 is 25.1 Å². The van der Waals surface area contributed by atoms with Gasteiger partial charge >= 0.3 is 12.1 Å². The first-order chi connectivity index (χ1) is 14.6. The first-order valence-electron chi connectivity index (χ1n) is 10.5. The van der Waals surface area contributed by atoms with Crippen molar-refractivity contribution in [1.82, 2.24) is 15.6 Å². The van der Waals surface area contributed by atoms with Gasteiger partial charge in [-0.25, -0.2) is 9.59 Å². The smallest absolute Gasteiger partial charge is 0.408 e. The van der Waals surface area contributed by atoms with Crippen molar-refractivity contribution in [3.63, 3.8) is 0 Å². The van der Waals surface area contributed by atoms with E-state index >= 15 is 0 Å². The molecule has 2 amide bonds. The molecule has 31 heavy (non-hydrogen) atoms. The van der Waals surface area contributed by atoms with Crippen LogP contribution in [-0.4, -0.2) is 47.7 Å². The van der Waals surface area contributed by atoms with Crippen LogP contribution in [0.3, 0.4) is 0 Å². The van der Waals surface area contributed by atoms with E-state index in [-0.39, 0.29) is 12.3 Å². The van der Waals surface area contributed by atoms with Crippen LogP contribution in [0.2, 0.25) is 0 Å². The predicted molar refractivity (Wildman–Crippen MR) is 119 cm³/mol. The zero-order valence-corrected chi connectivity index (χ0v) is 19.1. The SMILES string of the molecule is CC[C@H](C)[C@@H](NC(=O)[C@@H](Cc1c[nH]c2ccccc12)NC(=O)OC(C)(C)C)C(=O)OC. The van der Waals surface area contributed by atoms with Gasteiger partial charge in [0.2, 0.25) is 5.91 Å². The Bertz CT molecular complexity index is 915. The van der Waals surface area contributed by atoms with Gasteiger partial charge in [0.25, 0.3) is 0 Å². The first-order valence-corrected chi connectivity index (χ1v) is 10.5. The summed E-state index contributed by atoms with van der Waals surface area (Å²) in [6.45, 7) is 9.03. The Balaban J connectivity index is 2.28. The van der Waals surface area contributed by atoms with E-state index in [0.717, 1.165) is 16.5 Å². The van der Waals surface area contributed by atoms with Crippen LogP contribution < -0.4 is 10.6 Å². The molecule has 0 spiro atoms. The molecule has 8 nitrogen and oxygen atoms in total.